The molecule has 1 N–H and O–H groups in total. The van der Waals surface area contributed by atoms with Crippen molar-refractivity contribution >= 4 is 17.2 Å². The van der Waals surface area contributed by atoms with Crippen LogP contribution in [0.2, 0.25) is 0 Å². The molecule has 3 nitrogen and oxygen atoms in total. The third-order valence-electron chi connectivity index (χ3n) is 2.84. The molecule has 0 fully saturated rings. The lowest BCUT2D eigenvalue weighted by atomic mass is 10.1. The van der Waals surface area contributed by atoms with E-state index >= 15 is 0 Å². The zero-order valence-corrected chi connectivity index (χ0v) is 12.0. The Labute approximate surface area is 122 Å². The van der Waals surface area contributed by atoms with Gasteiger partial charge in [0.1, 0.15) is 6.61 Å². The normalized spacial score (nSPS) is 9.70. The summed E-state index contributed by atoms with van der Waals surface area (Å²) in [5, 5.41) is 12.5. The molecule has 4 heteroatoms. The number of carbonyl (C=O) groups is 1. The molecule has 1 aromatic heterocycles. The number of carbonyl (C=O) groups excluding carboxylic acids is 1. The van der Waals surface area contributed by atoms with E-state index in [1.54, 1.807) is 11.9 Å². The second kappa shape index (κ2) is 6.90. The van der Waals surface area contributed by atoms with Crippen LogP contribution in [0.3, 0.4) is 0 Å². The van der Waals surface area contributed by atoms with Gasteiger partial charge in [-0.2, -0.15) is 11.3 Å². The lowest BCUT2D eigenvalue weighted by molar-refractivity contribution is 0.0785. The summed E-state index contributed by atoms with van der Waals surface area (Å²) < 4.78 is 0. The fourth-order valence-corrected chi connectivity index (χ4v) is 2.48. The van der Waals surface area contributed by atoms with Crippen molar-refractivity contribution in [2.24, 2.45) is 0 Å². The monoisotopic (exact) mass is 285 g/mol. The van der Waals surface area contributed by atoms with E-state index in [1.807, 2.05) is 41.1 Å². The summed E-state index contributed by atoms with van der Waals surface area (Å²) in [5.74, 6) is 5.54. The van der Waals surface area contributed by atoms with E-state index in [-0.39, 0.29) is 12.5 Å². The predicted molar refractivity (Wildman–Crippen MR) is 80.5 cm³/mol. The molecule has 0 aliphatic heterocycles. The van der Waals surface area contributed by atoms with Gasteiger partial charge in [-0.3, -0.25) is 4.79 Å². The van der Waals surface area contributed by atoms with Crippen molar-refractivity contribution in [1.82, 2.24) is 4.90 Å². The molecule has 0 spiro atoms. The SMILES string of the molecule is CN(Cc1ccccc1C#CCO)C(=O)c1ccsc1. The number of rotatable bonds is 3. The van der Waals surface area contributed by atoms with Gasteiger partial charge in [0.05, 0.1) is 5.56 Å². The third kappa shape index (κ3) is 3.47. The molecule has 102 valence electrons. The smallest absolute Gasteiger partial charge is 0.254 e. The van der Waals surface area contributed by atoms with Crippen molar-refractivity contribution in [3.63, 3.8) is 0 Å². The van der Waals surface area contributed by atoms with E-state index in [4.69, 9.17) is 5.11 Å². The highest BCUT2D eigenvalue weighted by molar-refractivity contribution is 7.08. The van der Waals surface area contributed by atoms with Crippen LogP contribution >= 0.6 is 11.3 Å². The number of hydrogen-bond acceptors (Lipinski definition) is 3. The second-order valence-corrected chi connectivity index (χ2v) is 5.07. The highest BCUT2D eigenvalue weighted by Gasteiger charge is 2.13. The van der Waals surface area contributed by atoms with Gasteiger partial charge in [0.15, 0.2) is 0 Å². The average molecular weight is 285 g/mol. The molecule has 1 amide bonds. The number of amides is 1. The van der Waals surface area contributed by atoms with Crippen LogP contribution in [0, 0.1) is 11.8 Å². The van der Waals surface area contributed by atoms with Gasteiger partial charge < -0.3 is 10.0 Å². The second-order valence-electron chi connectivity index (χ2n) is 4.29. The van der Waals surface area contributed by atoms with Crippen molar-refractivity contribution in [2.45, 2.75) is 6.54 Å². The van der Waals surface area contributed by atoms with Crippen LogP contribution in [0.15, 0.2) is 41.1 Å². The standard InChI is InChI=1S/C16H15NO2S/c1-17(16(19)15-8-10-20-12-15)11-14-6-3-2-5-13(14)7-4-9-18/h2-3,5-6,8,10,12,18H,9,11H2,1H3. The van der Waals surface area contributed by atoms with Crippen molar-refractivity contribution in [3.8, 4) is 11.8 Å². The van der Waals surface area contributed by atoms with Gasteiger partial charge in [-0.1, -0.05) is 30.0 Å². The summed E-state index contributed by atoms with van der Waals surface area (Å²) in [5.41, 5.74) is 2.52. The van der Waals surface area contributed by atoms with E-state index in [0.717, 1.165) is 11.1 Å². The first-order chi connectivity index (χ1) is 9.72. The van der Waals surface area contributed by atoms with Crippen molar-refractivity contribution in [2.75, 3.05) is 13.7 Å². The van der Waals surface area contributed by atoms with Crippen LogP contribution in [0.4, 0.5) is 0 Å². The molecule has 0 radical (unpaired) electrons. The van der Waals surface area contributed by atoms with Crippen molar-refractivity contribution < 1.29 is 9.90 Å². The van der Waals surface area contributed by atoms with Crippen molar-refractivity contribution in [3.05, 3.63) is 57.8 Å². The topological polar surface area (TPSA) is 40.5 Å². The minimum atomic E-state index is -0.169. The zero-order valence-electron chi connectivity index (χ0n) is 11.2. The number of aliphatic hydroxyl groups is 1. The van der Waals surface area contributed by atoms with Crippen LogP contribution in [0.5, 0.6) is 0 Å². The molecule has 0 saturated heterocycles. The van der Waals surface area contributed by atoms with Gasteiger partial charge >= 0.3 is 0 Å². The minimum Gasteiger partial charge on any atom is -0.384 e. The Morgan fingerprint density at radius 2 is 2.15 bits per heavy atom. The Bertz CT molecular complexity index is 638. The van der Waals surface area contributed by atoms with E-state index in [2.05, 4.69) is 11.8 Å². The first-order valence-corrected chi connectivity index (χ1v) is 7.12. The summed E-state index contributed by atoms with van der Waals surface area (Å²) in [6.45, 7) is 0.322. The van der Waals surface area contributed by atoms with E-state index in [0.29, 0.717) is 12.1 Å². The highest BCUT2D eigenvalue weighted by atomic mass is 32.1. The summed E-state index contributed by atoms with van der Waals surface area (Å²) in [4.78, 5) is 13.9. The molecule has 0 atom stereocenters. The Morgan fingerprint density at radius 1 is 1.35 bits per heavy atom. The largest absolute Gasteiger partial charge is 0.384 e. The molecular formula is C16H15NO2S. The molecule has 0 aliphatic carbocycles. The predicted octanol–water partition coefficient (Wildman–Crippen LogP) is 2.36. The van der Waals surface area contributed by atoms with Gasteiger partial charge in [-0.25, -0.2) is 0 Å². The Balaban J connectivity index is 2.15. The van der Waals surface area contributed by atoms with E-state index in [1.165, 1.54) is 11.3 Å². The maximum Gasteiger partial charge on any atom is 0.254 e. The first-order valence-electron chi connectivity index (χ1n) is 6.17. The Kier molecular flexibility index (Phi) is 4.94. The molecule has 0 saturated carbocycles. The summed E-state index contributed by atoms with van der Waals surface area (Å²) >= 11 is 1.51. The molecule has 0 unspecified atom stereocenters. The fourth-order valence-electron chi connectivity index (χ4n) is 1.85. The van der Waals surface area contributed by atoms with E-state index in [9.17, 15) is 4.79 Å². The minimum absolute atomic E-state index is 0.00355. The number of benzene rings is 1. The number of aliphatic hydroxyl groups excluding tert-OH is 1. The fraction of sp³-hybridized carbons (Fsp3) is 0.188. The van der Waals surface area contributed by atoms with Crippen LogP contribution in [-0.2, 0) is 6.54 Å². The van der Waals surface area contributed by atoms with Crippen LogP contribution < -0.4 is 0 Å². The summed E-state index contributed by atoms with van der Waals surface area (Å²) in [6, 6.07) is 9.47. The average Bonchev–Trinajstić information content (AvgIpc) is 2.99. The molecule has 2 rings (SSSR count). The lowest BCUT2D eigenvalue weighted by Crippen LogP contribution is -2.26. The van der Waals surface area contributed by atoms with Crippen molar-refractivity contribution in [1.29, 1.82) is 0 Å². The van der Waals surface area contributed by atoms with Crippen LogP contribution in [0.1, 0.15) is 21.5 Å². The maximum absolute atomic E-state index is 12.2. The number of nitrogens with zero attached hydrogens (tertiary/aromatic N) is 1. The van der Waals surface area contributed by atoms with Gasteiger partial charge in [0, 0.05) is 24.5 Å². The first kappa shape index (κ1) is 14.3. The van der Waals surface area contributed by atoms with E-state index < -0.39 is 0 Å². The molecule has 0 aliphatic rings. The Morgan fingerprint density at radius 3 is 2.85 bits per heavy atom. The maximum atomic E-state index is 12.2. The van der Waals surface area contributed by atoms with Gasteiger partial charge in [0.2, 0.25) is 0 Å². The Hall–Kier alpha value is -2.09. The number of hydrogen-bond donors (Lipinski definition) is 1. The molecular weight excluding hydrogens is 270 g/mol. The molecule has 0 bridgehead atoms. The van der Waals surface area contributed by atoms with Gasteiger partial charge in [0.25, 0.3) is 5.91 Å². The number of thiophene rings is 1. The van der Waals surface area contributed by atoms with Crippen LogP contribution in [-0.4, -0.2) is 29.6 Å². The molecule has 20 heavy (non-hydrogen) atoms. The van der Waals surface area contributed by atoms with Crippen LogP contribution in [0.25, 0.3) is 0 Å². The molecule has 1 heterocycles. The lowest BCUT2D eigenvalue weighted by Gasteiger charge is -2.17. The van der Waals surface area contributed by atoms with Gasteiger partial charge in [-0.15, -0.1) is 0 Å². The highest BCUT2D eigenvalue weighted by Crippen LogP contribution is 2.14. The summed E-state index contributed by atoms with van der Waals surface area (Å²) in [6.07, 6.45) is 0. The third-order valence-corrected chi connectivity index (χ3v) is 3.53. The zero-order chi connectivity index (χ0) is 14.4. The molecule has 1 aromatic carbocycles. The van der Waals surface area contributed by atoms with Gasteiger partial charge in [-0.05, 0) is 23.1 Å². The molecule has 2 aromatic rings. The quantitative estimate of drug-likeness (QED) is 0.880. The summed E-state index contributed by atoms with van der Waals surface area (Å²) in [7, 11) is 1.77.